The molecule has 0 fully saturated rings. The Labute approximate surface area is 150 Å². The number of carbonyl (C=O) groups is 4. The summed E-state index contributed by atoms with van der Waals surface area (Å²) in [6, 6.07) is 7.06. The minimum absolute atomic E-state index is 0.226. The molecule has 0 radical (unpaired) electrons. The molecule has 1 heterocycles. The lowest BCUT2D eigenvalue weighted by Gasteiger charge is -2.29. The Morgan fingerprint density at radius 2 is 1.73 bits per heavy atom. The normalized spacial score (nSPS) is 14.5. The number of imide groups is 1. The van der Waals surface area contributed by atoms with Crippen LogP contribution >= 0.6 is 0 Å². The Kier molecular flexibility index (Phi) is 5.12. The van der Waals surface area contributed by atoms with Crippen LogP contribution in [0.4, 0.5) is 0 Å². The van der Waals surface area contributed by atoms with Crippen LogP contribution in [0.1, 0.15) is 41.5 Å². The number of rotatable bonds is 5. The number of fused-ring (bicyclic) bond motifs is 1. The van der Waals surface area contributed by atoms with Crippen LogP contribution in [-0.2, 0) is 14.3 Å². The van der Waals surface area contributed by atoms with Gasteiger partial charge in [-0.15, -0.1) is 0 Å². The number of likely N-dealkylation sites (N-methyl/N-ethyl adjacent to an activating group) is 1. The lowest BCUT2D eigenvalue weighted by Crippen LogP contribution is -2.47. The van der Waals surface area contributed by atoms with Gasteiger partial charge in [-0.25, -0.2) is 4.79 Å². The van der Waals surface area contributed by atoms with E-state index in [2.05, 4.69) is 0 Å². The highest BCUT2D eigenvalue weighted by Crippen LogP contribution is 2.24. The highest BCUT2D eigenvalue weighted by Gasteiger charge is 2.41. The molecule has 1 atom stereocenters. The molecule has 0 aliphatic carbocycles. The van der Waals surface area contributed by atoms with Crippen molar-refractivity contribution in [1.29, 1.82) is 5.26 Å². The Bertz CT molecular complexity index is 789. The second-order valence-corrected chi connectivity index (χ2v) is 6.43. The zero-order valence-electron chi connectivity index (χ0n) is 15.0. The fraction of sp³-hybridized carbons (Fsp3) is 0.389. The number of hydrogen-bond donors (Lipinski definition) is 0. The molecular formula is C18H19N3O5. The van der Waals surface area contributed by atoms with Crippen molar-refractivity contribution < 1.29 is 23.9 Å². The highest BCUT2D eigenvalue weighted by molar-refractivity contribution is 6.22. The second-order valence-electron chi connectivity index (χ2n) is 6.43. The predicted octanol–water partition coefficient (Wildman–Crippen LogP) is 0.975. The van der Waals surface area contributed by atoms with Gasteiger partial charge in [0, 0.05) is 7.05 Å². The predicted molar refractivity (Wildman–Crippen MR) is 89.8 cm³/mol. The van der Waals surface area contributed by atoms with Crippen LogP contribution in [0.2, 0.25) is 0 Å². The van der Waals surface area contributed by atoms with Crippen molar-refractivity contribution in [3.05, 3.63) is 35.4 Å². The molecule has 8 heteroatoms. The first-order valence-corrected chi connectivity index (χ1v) is 7.93. The molecule has 0 N–H and O–H groups in total. The highest BCUT2D eigenvalue weighted by atomic mass is 16.5. The van der Waals surface area contributed by atoms with Crippen LogP contribution in [0.3, 0.4) is 0 Å². The lowest BCUT2D eigenvalue weighted by molar-refractivity contribution is -0.155. The van der Waals surface area contributed by atoms with Gasteiger partial charge in [0.15, 0.2) is 6.61 Å². The van der Waals surface area contributed by atoms with Gasteiger partial charge >= 0.3 is 5.97 Å². The molecule has 0 saturated carbocycles. The molecule has 1 aromatic carbocycles. The molecule has 1 aliphatic heterocycles. The molecule has 0 spiro atoms. The molecule has 0 saturated heterocycles. The zero-order chi connectivity index (χ0) is 19.6. The van der Waals surface area contributed by atoms with E-state index in [1.54, 1.807) is 26.0 Å². The van der Waals surface area contributed by atoms with Gasteiger partial charge in [-0.3, -0.25) is 19.3 Å². The number of amides is 3. The van der Waals surface area contributed by atoms with Crippen molar-refractivity contribution in [3.8, 4) is 6.07 Å². The summed E-state index contributed by atoms with van der Waals surface area (Å²) >= 11 is 0. The molecule has 1 aliphatic rings. The second kappa shape index (κ2) is 6.96. The largest absolute Gasteiger partial charge is 0.454 e. The average Bonchev–Trinajstić information content (AvgIpc) is 2.89. The number of hydrogen-bond acceptors (Lipinski definition) is 6. The third kappa shape index (κ3) is 3.28. The van der Waals surface area contributed by atoms with E-state index in [0.29, 0.717) is 0 Å². The molecule has 0 unspecified atom stereocenters. The van der Waals surface area contributed by atoms with Crippen molar-refractivity contribution in [2.24, 2.45) is 0 Å². The average molecular weight is 357 g/mol. The van der Waals surface area contributed by atoms with E-state index in [4.69, 9.17) is 10.00 Å². The number of carbonyl (C=O) groups excluding carboxylic acids is 4. The quantitative estimate of drug-likeness (QED) is 0.574. The van der Waals surface area contributed by atoms with Crippen LogP contribution in [-0.4, -0.2) is 58.7 Å². The lowest BCUT2D eigenvalue weighted by atomic mass is 10.1. The maximum Gasteiger partial charge on any atom is 0.329 e. The van der Waals surface area contributed by atoms with Crippen molar-refractivity contribution in [1.82, 2.24) is 9.80 Å². The summed E-state index contributed by atoms with van der Waals surface area (Å²) in [5, 5.41) is 9.03. The molecule has 1 aromatic rings. The Balaban J connectivity index is 2.03. The molecule has 0 bridgehead atoms. The van der Waals surface area contributed by atoms with Crippen molar-refractivity contribution >= 4 is 23.7 Å². The molecule has 2 rings (SSSR count). The van der Waals surface area contributed by atoms with Gasteiger partial charge in [0.2, 0.25) is 0 Å². The summed E-state index contributed by atoms with van der Waals surface area (Å²) in [6.45, 7) is 3.87. The summed E-state index contributed by atoms with van der Waals surface area (Å²) in [4.78, 5) is 51.0. The Hall–Kier alpha value is -3.21. The summed E-state index contributed by atoms with van der Waals surface area (Å²) in [5.74, 6) is -2.61. The first kappa shape index (κ1) is 19.1. The van der Waals surface area contributed by atoms with Crippen LogP contribution in [0, 0.1) is 11.3 Å². The maximum atomic E-state index is 12.4. The van der Waals surface area contributed by atoms with Crippen molar-refractivity contribution in [2.45, 2.75) is 32.4 Å². The number of nitrogens with zero attached hydrogens (tertiary/aromatic N) is 3. The maximum absolute atomic E-state index is 12.4. The molecular weight excluding hydrogens is 338 g/mol. The van der Waals surface area contributed by atoms with E-state index in [1.165, 1.54) is 26.1 Å². The summed E-state index contributed by atoms with van der Waals surface area (Å²) in [7, 11) is 1.42. The van der Waals surface area contributed by atoms with E-state index in [9.17, 15) is 19.2 Å². The number of ether oxygens (including phenoxy) is 1. The summed E-state index contributed by atoms with van der Waals surface area (Å²) in [6.07, 6.45) is 0. The Morgan fingerprint density at radius 3 is 2.19 bits per heavy atom. The SMILES string of the molecule is C[C@@H](C(=O)OCC(=O)N(C)C(C)(C)C#N)N1C(=O)c2ccccc2C1=O. The fourth-order valence-electron chi connectivity index (χ4n) is 2.40. The fourth-order valence-corrected chi connectivity index (χ4v) is 2.40. The van der Waals surface area contributed by atoms with E-state index >= 15 is 0 Å². The standard InChI is InChI=1S/C18H19N3O5/c1-11(17(25)26-9-14(22)20(4)18(2,3)10-19)21-15(23)12-7-5-6-8-13(12)16(21)24/h5-8,11H,9H2,1-4H3/t11-/m0/s1. The molecule has 8 nitrogen and oxygen atoms in total. The molecule has 26 heavy (non-hydrogen) atoms. The van der Waals surface area contributed by atoms with E-state index in [0.717, 1.165) is 9.80 Å². The van der Waals surface area contributed by atoms with Gasteiger partial charge in [0.25, 0.3) is 17.7 Å². The first-order chi connectivity index (χ1) is 12.1. The van der Waals surface area contributed by atoms with Gasteiger partial charge in [-0.05, 0) is 32.9 Å². The monoisotopic (exact) mass is 357 g/mol. The van der Waals surface area contributed by atoms with Crippen LogP contribution in [0.15, 0.2) is 24.3 Å². The first-order valence-electron chi connectivity index (χ1n) is 7.93. The van der Waals surface area contributed by atoms with Gasteiger partial charge in [0.1, 0.15) is 11.6 Å². The summed E-state index contributed by atoms with van der Waals surface area (Å²) < 4.78 is 4.95. The topological polar surface area (TPSA) is 108 Å². The van der Waals surface area contributed by atoms with Gasteiger partial charge in [0.05, 0.1) is 17.2 Å². The van der Waals surface area contributed by atoms with Crippen molar-refractivity contribution in [3.63, 3.8) is 0 Å². The number of benzene rings is 1. The number of esters is 1. The third-order valence-corrected chi connectivity index (χ3v) is 4.38. The zero-order valence-corrected chi connectivity index (χ0v) is 15.0. The van der Waals surface area contributed by atoms with Crippen LogP contribution < -0.4 is 0 Å². The van der Waals surface area contributed by atoms with Gasteiger partial charge < -0.3 is 9.64 Å². The van der Waals surface area contributed by atoms with Crippen LogP contribution in [0.25, 0.3) is 0 Å². The molecule has 136 valence electrons. The minimum atomic E-state index is -1.18. The smallest absolute Gasteiger partial charge is 0.329 e. The Morgan fingerprint density at radius 1 is 1.23 bits per heavy atom. The van der Waals surface area contributed by atoms with Gasteiger partial charge in [-0.2, -0.15) is 5.26 Å². The minimum Gasteiger partial charge on any atom is -0.454 e. The van der Waals surface area contributed by atoms with Crippen molar-refractivity contribution in [2.75, 3.05) is 13.7 Å². The van der Waals surface area contributed by atoms with Gasteiger partial charge in [-0.1, -0.05) is 12.1 Å². The third-order valence-electron chi connectivity index (χ3n) is 4.38. The van der Waals surface area contributed by atoms with Crippen LogP contribution in [0.5, 0.6) is 0 Å². The summed E-state index contributed by atoms with van der Waals surface area (Å²) in [5.41, 5.74) is -0.607. The van der Waals surface area contributed by atoms with E-state index in [-0.39, 0.29) is 11.1 Å². The molecule has 3 amide bonds. The van der Waals surface area contributed by atoms with E-state index < -0.39 is 41.9 Å². The molecule has 0 aromatic heterocycles. The number of nitriles is 1. The van der Waals surface area contributed by atoms with E-state index in [1.807, 2.05) is 6.07 Å².